The largest absolute Gasteiger partial charge is 0.495 e. The molecule has 1 N–H and O–H groups in total. The van der Waals surface area contributed by atoms with Gasteiger partial charge in [-0.05, 0) is 43.7 Å². The first-order valence-electron chi connectivity index (χ1n) is 8.63. The van der Waals surface area contributed by atoms with Crippen LogP contribution in [-0.2, 0) is 25.1 Å². The first kappa shape index (κ1) is 21.4. The first-order chi connectivity index (χ1) is 13.2. The minimum Gasteiger partial charge on any atom is -0.495 e. The standard InChI is InChI=1S/C20H23NO6S/c1-14(2)27-20(23)16-10-8-15(9-11-16)12-28(24,25)13-19(22)21-17-6-4-5-7-18(17)26-3/h4-11,14H,12-13H2,1-3H3,(H,21,22). The molecule has 0 bridgehead atoms. The van der Waals surface area contributed by atoms with Crippen LogP contribution in [0.15, 0.2) is 48.5 Å². The molecule has 8 heteroatoms. The number of amides is 1. The topological polar surface area (TPSA) is 98.8 Å². The van der Waals surface area contributed by atoms with E-state index in [9.17, 15) is 18.0 Å². The fourth-order valence-electron chi connectivity index (χ4n) is 2.46. The van der Waals surface area contributed by atoms with Crippen LogP contribution in [0.1, 0.15) is 29.8 Å². The van der Waals surface area contributed by atoms with E-state index in [1.165, 1.54) is 31.4 Å². The van der Waals surface area contributed by atoms with Gasteiger partial charge in [-0.1, -0.05) is 24.3 Å². The Balaban J connectivity index is 1.99. The van der Waals surface area contributed by atoms with Crippen molar-refractivity contribution in [3.63, 3.8) is 0 Å². The maximum absolute atomic E-state index is 12.3. The molecule has 150 valence electrons. The van der Waals surface area contributed by atoms with Gasteiger partial charge in [0.1, 0.15) is 11.5 Å². The van der Waals surface area contributed by atoms with E-state index in [4.69, 9.17) is 9.47 Å². The summed E-state index contributed by atoms with van der Waals surface area (Å²) in [6.45, 7) is 3.49. The maximum atomic E-state index is 12.3. The molecular weight excluding hydrogens is 382 g/mol. The quantitative estimate of drug-likeness (QED) is 0.678. The van der Waals surface area contributed by atoms with Gasteiger partial charge < -0.3 is 14.8 Å². The molecule has 0 radical (unpaired) electrons. The minimum atomic E-state index is -3.69. The summed E-state index contributed by atoms with van der Waals surface area (Å²) in [7, 11) is -2.23. The van der Waals surface area contributed by atoms with Crippen molar-refractivity contribution in [1.82, 2.24) is 0 Å². The highest BCUT2D eigenvalue weighted by atomic mass is 32.2. The van der Waals surface area contributed by atoms with Crippen LogP contribution in [0, 0.1) is 0 Å². The highest BCUT2D eigenvalue weighted by Crippen LogP contribution is 2.23. The zero-order chi connectivity index (χ0) is 20.7. The summed E-state index contributed by atoms with van der Waals surface area (Å²) >= 11 is 0. The SMILES string of the molecule is COc1ccccc1NC(=O)CS(=O)(=O)Cc1ccc(C(=O)OC(C)C)cc1. The smallest absolute Gasteiger partial charge is 0.338 e. The van der Waals surface area contributed by atoms with Gasteiger partial charge in [0.25, 0.3) is 0 Å². The highest BCUT2D eigenvalue weighted by molar-refractivity contribution is 7.91. The van der Waals surface area contributed by atoms with Crippen molar-refractivity contribution < 1.29 is 27.5 Å². The number of hydrogen-bond acceptors (Lipinski definition) is 6. The molecule has 0 unspecified atom stereocenters. The molecule has 2 rings (SSSR count). The number of para-hydroxylation sites is 2. The average Bonchev–Trinajstić information content (AvgIpc) is 2.61. The number of carbonyl (C=O) groups is 2. The third-order valence-corrected chi connectivity index (χ3v) is 5.13. The van der Waals surface area contributed by atoms with E-state index in [1.54, 1.807) is 38.1 Å². The second kappa shape index (κ2) is 9.36. The predicted octanol–water partition coefficient (Wildman–Crippen LogP) is 2.81. The van der Waals surface area contributed by atoms with Gasteiger partial charge in [-0.2, -0.15) is 0 Å². The van der Waals surface area contributed by atoms with Crippen LogP contribution in [0.5, 0.6) is 5.75 Å². The second-order valence-electron chi connectivity index (χ2n) is 6.43. The number of sulfone groups is 1. The molecule has 0 atom stereocenters. The molecule has 0 aromatic heterocycles. The van der Waals surface area contributed by atoms with E-state index < -0.39 is 27.5 Å². The lowest BCUT2D eigenvalue weighted by molar-refractivity contribution is -0.113. The fraction of sp³-hybridized carbons (Fsp3) is 0.300. The van der Waals surface area contributed by atoms with Gasteiger partial charge in [-0.3, -0.25) is 4.79 Å². The third kappa shape index (κ3) is 6.38. The number of methoxy groups -OCH3 is 1. The summed E-state index contributed by atoms with van der Waals surface area (Å²) in [6.07, 6.45) is -0.241. The lowest BCUT2D eigenvalue weighted by atomic mass is 10.1. The molecule has 2 aromatic rings. The molecule has 0 saturated heterocycles. The second-order valence-corrected chi connectivity index (χ2v) is 8.50. The summed E-state index contributed by atoms with van der Waals surface area (Å²) in [5.74, 6) is -1.66. The molecule has 28 heavy (non-hydrogen) atoms. The number of nitrogens with one attached hydrogen (secondary N) is 1. The fourth-order valence-corrected chi connectivity index (χ4v) is 3.73. The Hall–Kier alpha value is -2.87. The van der Waals surface area contributed by atoms with E-state index >= 15 is 0 Å². The lowest BCUT2D eigenvalue weighted by Crippen LogP contribution is -2.24. The Morgan fingerprint density at radius 3 is 2.29 bits per heavy atom. The van der Waals surface area contributed by atoms with E-state index in [1.807, 2.05) is 0 Å². The van der Waals surface area contributed by atoms with Gasteiger partial charge in [-0.25, -0.2) is 13.2 Å². The van der Waals surface area contributed by atoms with E-state index in [-0.39, 0.29) is 11.9 Å². The van der Waals surface area contributed by atoms with Gasteiger partial charge >= 0.3 is 5.97 Å². The molecule has 0 saturated carbocycles. The number of ether oxygens (including phenoxy) is 2. The summed E-state index contributed by atoms with van der Waals surface area (Å²) in [5.41, 5.74) is 1.22. The molecule has 0 aliphatic carbocycles. The van der Waals surface area contributed by atoms with Gasteiger partial charge in [0.15, 0.2) is 9.84 Å². The first-order valence-corrected chi connectivity index (χ1v) is 10.5. The Kier molecular flexibility index (Phi) is 7.17. The zero-order valence-electron chi connectivity index (χ0n) is 16.0. The number of anilines is 1. The molecule has 0 heterocycles. The Morgan fingerprint density at radius 1 is 1.04 bits per heavy atom. The average molecular weight is 405 g/mol. The monoisotopic (exact) mass is 405 g/mol. The summed E-state index contributed by atoms with van der Waals surface area (Å²) in [4.78, 5) is 23.9. The van der Waals surface area contributed by atoms with Crippen LogP contribution in [0.3, 0.4) is 0 Å². The molecular formula is C20H23NO6S. The number of rotatable bonds is 8. The van der Waals surface area contributed by atoms with Crippen LogP contribution >= 0.6 is 0 Å². The molecule has 0 spiro atoms. The van der Waals surface area contributed by atoms with Crippen molar-refractivity contribution in [2.24, 2.45) is 0 Å². The van der Waals surface area contributed by atoms with Crippen molar-refractivity contribution in [2.75, 3.05) is 18.2 Å². The van der Waals surface area contributed by atoms with E-state index in [0.29, 0.717) is 22.6 Å². The zero-order valence-corrected chi connectivity index (χ0v) is 16.8. The number of hydrogen-bond donors (Lipinski definition) is 1. The van der Waals surface area contributed by atoms with E-state index in [2.05, 4.69) is 5.32 Å². The number of benzene rings is 2. The summed E-state index contributed by atoms with van der Waals surface area (Å²) < 4.78 is 34.9. The predicted molar refractivity (Wildman–Crippen MR) is 106 cm³/mol. The number of esters is 1. The van der Waals surface area contributed by atoms with Crippen LogP contribution < -0.4 is 10.1 Å². The van der Waals surface area contributed by atoms with E-state index in [0.717, 1.165) is 0 Å². The van der Waals surface area contributed by atoms with Crippen LogP contribution in [-0.4, -0.2) is 39.3 Å². The van der Waals surface area contributed by atoms with Crippen molar-refractivity contribution in [1.29, 1.82) is 0 Å². The molecule has 2 aromatic carbocycles. The Bertz CT molecular complexity index is 935. The molecule has 0 aliphatic rings. The lowest BCUT2D eigenvalue weighted by Gasteiger charge is -2.10. The minimum absolute atomic E-state index is 0.241. The third-order valence-electron chi connectivity index (χ3n) is 3.65. The summed E-state index contributed by atoms with van der Waals surface area (Å²) in [5, 5.41) is 2.54. The van der Waals surface area contributed by atoms with Crippen LogP contribution in [0.4, 0.5) is 5.69 Å². The van der Waals surface area contributed by atoms with Gasteiger partial charge in [0.05, 0.1) is 30.2 Å². The van der Waals surface area contributed by atoms with Crippen LogP contribution in [0.2, 0.25) is 0 Å². The maximum Gasteiger partial charge on any atom is 0.338 e. The van der Waals surface area contributed by atoms with Crippen molar-refractivity contribution in [3.05, 3.63) is 59.7 Å². The molecule has 1 amide bonds. The van der Waals surface area contributed by atoms with Gasteiger partial charge in [0, 0.05) is 0 Å². The normalized spacial score (nSPS) is 11.1. The molecule has 7 nitrogen and oxygen atoms in total. The van der Waals surface area contributed by atoms with Gasteiger partial charge in [-0.15, -0.1) is 0 Å². The molecule has 0 aliphatic heterocycles. The van der Waals surface area contributed by atoms with Gasteiger partial charge in [0.2, 0.25) is 5.91 Å². The molecule has 0 fully saturated rings. The Labute approximate surface area is 164 Å². The van der Waals surface area contributed by atoms with Crippen LogP contribution in [0.25, 0.3) is 0 Å². The number of carbonyl (C=O) groups excluding carboxylic acids is 2. The highest BCUT2D eigenvalue weighted by Gasteiger charge is 2.19. The van der Waals surface area contributed by atoms with Crippen molar-refractivity contribution in [2.45, 2.75) is 25.7 Å². The van der Waals surface area contributed by atoms with Crippen molar-refractivity contribution >= 4 is 27.4 Å². The van der Waals surface area contributed by atoms with Crippen molar-refractivity contribution in [3.8, 4) is 5.75 Å². The summed E-state index contributed by atoms with van der Waals surface area (Å²) in [6, 6.07) is 12.8. The Morgan fingerprint density at radius 2 is 1.68 bits per heavy atom.